The molecule has 4 rings (SSSR count). The number of aliphatic hydroxyl groups excluding tert-OH is 1. The molecule has 4 fully saturated rings. The van der Waals surface area contributed by atoms with E-state index in [-0.39, 0.29) is 11.5 Å². The van der Waals surface area contributed by atoms with Gasteiger partial charge in [-0.05, 0) is 78.9 Å². The van der Waals surface area contributed by atoms with E-state index >= 15 is 0 Å². The van der Waals surface area contributed by atoms with Crippen LogP contribution in [0.3, 0.4) is 0 Å². The second-order valence-corrected chi connectivity index (χ2v) is 9.50. The predicted octanol–water partition coefficient (Wildman–Crippen LogP) is 4.21. The first-order valence-corrected chi connectivity index (χ1v) is 9.57. The Morgan fingerprint density at radius 2 is 1.77 bits per heavy atom. The van der Waals surface area contributed by atoms with Crippen molar-refractivity contribution in [3.05, 3.63) is 0 Å². The lowest BCUT2D eigenvalue weighted by Crippen LogP contribution is -2.56. The standard InChI is InChI=1S/C20H32O2/c1-12-10-14(21)11-13-4-5-15-16-6-7-18(22)19(16,2)9-8-17(15)20(12,13)3/h12-13,15-18,22H,4-11H2,1-3H3. The maximum atomic E-state index is 12.1. The van der Waals surface area contributed by atoms with Crippen LogP contribution in [0.2, 0.25) is 0 Å². The zero-order chi connectivity index (χ0) is 15.7. The van der Waals surface area contributed by atoms with Crippen molar-refractivity contribution in [1.29, 1.82) is 0 Å². The minimum atomic E-state index is -0.0747. The summed E-state index contributed by atoms with van der Waals surface area (Å²) in [6, 6.07) is 0. The minimum absolute atomic E-state index is 0.0747. The molecule has 0 radical (unpaired) electrons. The van der Waals surface area contributed by atoms with Gasteiger partial charge < -0.3 is 5.11 Å². The Morgan fingerprint density at radius 3 is 2.55 bits per heavy atom. The van der Waals surface area contributed by atoms with Gasteiger partial charge in [-0.1, -0.05) is 20.8 Å². The average Bonchev–Trinajstić information content (AvgIpc) is 2.77. The second-order valence-electron chi connectivity index (χ2n) is 9.50. The van der Waals surface area contributed by atoms with Gasteiger partial charge in [0.2, 0.25) is 0 Å². The highest BCUT2D eigenvalue weighted by molar-refractivity contribution is 5.80. The zero-order valence-corrected chi connectivity index (χ0v) is 14.5. The van der Waals surface area contributed by atoms with E-state index in [1.54, 1.807) is 0 Å². The molecule has 0 amide bonds. The molecule has 1 N–H and O–H groups in total. The van der Waals surface area contributed by atoms with Crippen LogP contribution in [0.5, 0.6) is 0 Å². The number of fused-ring (bicyclic) bond motifs is 5. The molecule has 0 aliphatic heterocycles. The van der Waals surface area contributed by atoms with Crippen LogP contribution in [0, 0.1) is 40.4 Å². The summed E-state index contributed by atoms with van der Waals surface area (Å²) in [4.78, 5) is 12.1. The van der Waals surface area contributed by atoms with Crippen LogP contribution in [0.25, 0.3) is 0 Å². The van der Waals surface area contributed by atoms with Crippen molar-refractivity contribution < 1.29 is 9.90 Å². The molecule has 0 spiro atoms. The molecule has 0 aromatic heterocycles. The summed E-state index contributed by atoms with van der Waals surface area (Å²) >= 11 is 0. The molecule has 8 atom stereocenters. The van der Waals surface area contributed by atoms with Crippen LogP contribution in [0.15, 0.2) is 0 Å². The van der Waals surface area contributed by atoms with E-state index in [1.807, 2.05) is 0 Å². The quantitative estimate of drug-likeness (QED) is 0.728. The lowest BCUT2D eigenvalue weighted by atomic mass is 9.43. The van der Waals surface area contributed by atoms with Crippen molar-refractivity contribution in [3.63, 3.8) is 0 Å². The van der Waals surface area contributed by atoms with Crippen LogP contribution >= 0.6 is 0 Å². The molecule has 2 heteroatoms. The summed E-state index contributed by atoms with van der Waals surface area (Å²) in [7, 11) is 0. The summed E-state index contributed by atoms with van der Waals surface area (Å²) in [5.41, 5.74) is 0.545. The molecule has 4 aliphatic rings. The van der Waals surface area contributed by atoms with E-state index in [0.717, 1.165) is 37.0 Å². The van der Waals surface area contributed by atoms with Crippen LogP contribution in [0.4, 0.5) is 0 Å². The Morgan fingerprint density at radius 1 is 1.00 bits per heavy atom. The van der Waals surface area contributed by atoms with Crippen molar-refractivity contribution in [3.8, 4) is 0 Å². The maximum Gasteiger partial charge on any atom is 0.133 e. The molecule has 8 unspecified atom stereocenters. The largest absolute Gasteiger partial charge is 0.393 e. The minimum Gasteiger partial charge on any atom is -0.393 e. The van der Waals surface area contributed by atoms with Crippen molar-refractivity contribution in [2.45, 2.75) is 78.2 Å². The molecule has 0 heterocycles. The summed E-state index contributed by atoms with van der Waals surface area (Å²) in [5, 5.41) is 10.5. The van der Waals surface area contributed by atoms with Crippen LogP contribution in [0.1, 0.15) is 72.1 Å². The van der Waals surface area contributed by atoms with Gasteiger partial charge in [0.15, 0.2) is 0 Å². The molecule has 124 valence electrons. The van der Waals surface area contributed by atoms with Gasteiger partial charge in [0.05, 0.1) is 6.10 Å². The highest BCUT2D eigenvalue weighted by atomic mass is 16.3. The first-order valence-electron chi connectivity index (χ1n) is 9.57. The Balaban J connectivity index is 1.67. The lowest BCUT2D eigenvalue weighted by molar-refractivity contribution is -0.154. The van der Waals surface area contributed by atoms with Crippen molar-refractivity contribution in [2.24, 2.45) is 40.4 Å². The number of aliphatic hydroxyl groups is 1. The van der Waals surface area contributed by atoms with Crippen LogP contribution in [-0.4, -0.2) is 17.0 Å². The molecule has 4 saturated carbocycles. The van der Waals surface area contributed by atoms with Gasteiger partial charge in [0, 0.05) is 12.8 Å². The molecule has 2 nitrogen and oxygen atoms in total. The number of ketones is 1. The SMILES string of the molecule is CC1CC(=O)CC2CCC3C4CCC(O)C4(C)CCC3C12C. The summed E-state index contributed by atoms with van der Waals surface area (Å²) in [6.07, 6.45) is 8.84. The highest BCUT2D eigenvalue weighted by Gasteiger charge is 2.61. The van der Waals surface area contributed by atoms with Gasteiger partial charge in [-0.25, -0.2) is 0 Å². The molecule has 0 bridgehead atoms. The van der Waals surface area contributed by atoms with E-state index in [9.17, 15) is 9.90 Å². The monoisotopic (exact) mass is 304 g/mol. The van der Waals surface area contributed by atoms with Crippen LogP contribution in [-0.2, 0) is 4.79 Å². The third kappa shape index (κ3) is 1.79. The number of hydrogen-bond acceptors (Lipinski definition) is 2. The van der Waals surface area contributed by atoms with E-state index in [0.29, 0.717) is 23.0 Å². The van der Waals surface area contributed by atoms with Gasteiger partial charge >= 0.3 is 0 Å². The topological polar surface area (TPSA) is 37.3 Å². The third-order valence-electron chi connectivity index (χ3n) is 8.98. The molecular formula is C20H32O2. The first kappa shape index (κ1) is 15.2. The maximum absolute atomic E-state index is 12.1. The normalized spacial score (nSPS) is 57.9. The Bertz CT molecular complexity index is 486. The van der Waals surface area contributed by atoms with E-state index in [2.05, 4.69) is 20.8 Å². The van der Waals surface area contributed by atoms with Crippen LogP contribution < -0.4 is 0 Å². The number of hydrogen-bond donors (Lipinski definition) is 1. The summed E-state index contributed by atoms with van der Waals surface area (Å²) in [6.45, 7) is 7.21. The van der Waals surface area contributed by atoms with Crippen molar-refractivity contribution >= 4 is 5.78 Å². The number of rotatable bonds is 0. The average molecular weight is 304 g/mol. The number of carbonyl (C=O) groups is 1. The summed E-state index contributed by atoms with van der Waals surface area (Å²) < 4.78 is 0. The molecule has 0 aromatic rings. The second kappa shape index (κ2) is 4.82. The highest BCUT2D eigenvalue weighted by Crippen LogP contribution is 2.66. The molecule has 4 aliphatic carbocycles. The molecule has 22 heavy (non-hydrogen) atoms. The predicted molar refractivity (Wildman–Crippen MR) is 87.3 cm³/mol. The molecule has 0 saturated heterocycles. The van der Waals surface area contributed by atoms with Gasteiger partial charge in [-0.15, -0.1) is 0 Å². The van der Waals surface area contributed by atoms with Gasteiger partial charge in [0.25, 0.3) is 0 Å². The fourth-order valence-corrected chi connectivity index (χ4v) is 7.45. The Kier molecular flexibility index (Phi) is 3.32. The van der Waals surface area contributed by atoms with Crippen molar-refractivity contribution in [1.82, 2.24) is 0 Å². The fraction of sp³-hybridized carbons (Fsp3) is 0.950. The smallest absolute Gasteiger partial charge is 0.133 e. The first-order chi connectivity index (χ1) is 10.4. The number of Topliss-reactive ketones (excluding diaryl/α,β-unsaturated/α-hetero) is 1. The number of carbonyl (C=O) groups excluding carboxylic acids is 1. The van der Waals surface area contributed by atoms with Gasteiger partial charge in [0.1, 0.15) is 5.78 Å². The molecular weight excluding hydrogens is 272 g/mol. The molecule has 0 aromatic carbocycles. The fourth-order valence-electron chi connectivity index (χ4n) is 7.45. The van der Waals surface area contributed by atoms with Crippen molar-refractivity contribution in [2.75, 3.05) is 0 Å². The van der Waals surface area contributed by atoms with E-state index < -0.39 is 0 Å². The zero-order valence-electron chi connectivity index (χ0n) is 14.5. The van der Waals surface area contributed by atoms with E-state index in [1.165, 1.54) is 32.1 Å². The van der Waals surface area contributed by atoms with Gasteiger partial charge in [-0.2, -0.15) is 0 Å². The Labute approximate surface area is 135 Å². The summed E-state index contributed by atoms with van der Waals surface area (Å²) in [5.74, 6) is 3.99. The lowest BCUT2D eigenvalue weighted by Gasteiger charge is -2.62. The Hall–Kier alpha value is -0.370. The third-order valence-corrected chi connectivity index (χ3v) is 8.98. The van der Waals surface area contributed by atoms with E-state index in [4.69, 9.17) is 0 Å². The van der Waals surface area contributed by atoms with Gasteiger partial charge in [-0.3, -0.25) is 4.79 Å².